The van der Waals surface area contributed by atoms with E-state index in [9.17, 15) is 0 Å². The van der Waals surface area contributed by atoms with Crippen molar-refractivity contribution in [1.29, 1.82) is 0 Å². The minimum atomic E-state index is 0.279. The van der Waals surface area contributed by atoms with Crippen molar-refractivity contribution in [1.82, 2.24) is 4.90 Å². The average molecular weight is 325 g/mol. The fraction of sp³-hybridized carbons (Fsp3) is 0.450. The van der Waals surface area contributed by atoms with Crippen molar-refractivity contribution < 1.29 is 4.74 Å². The lowest BCUT2D eigenvalue weighted by molar-refractivity contribution is 0.283. The molecule has 1 aliphatic heterocycles. The molecule has 0 bridgehead atoms. The molecule has 1 aromatic rings. The number of likely N-dealkylation sites (N-methyl/N-ethyl adjacent to an activating group) is 1. The number of ether oxygens (including phenoxy) is 1. The fourth-order valence-corrected chi connectivity index (χ4v) is 3.33. The lowest BCUT2D eigenvalue weighted by atomic mass is 10.0. The average Bonchev–Trinajstić information content (AvgIpc) is 2.62. The number of allylic oxidation sites excluding steroid dienone is 1. The van der Waals surface area contributed by atoms with E-state index in [-0.39, 0.29) is 6.04 Å². The summed E-state index contributed by atoms with van der Waals surface area (Å²) < 4.78 is 6.21. The van der Waals surface area contributed by atoms with Crippen molar-refractivity contribution in [3.63, 3.8) is 0 Å². The molecule has 0 aromatic heterocycles. The van der Waals surface area contributed by atoms with E-state index in [1.165, 1.54) is 5.69 Å². The van der Waals surface area contributed by atoms with E-state index in [0.29, 0.717) is 0 Å². The topological polar surface area (TPSA) is 28.1 Å². The van der Waals surface area contributed by atoms with Gasteiger partial charge in [-0.2, -0.15) is 0 Å². The molecule has 3 rings (SSSR count). The number of benzene rings is 1. The molecule has 0 amide bonds. The monoisotopic (exact) mass is 325 g/mol. The molecule has 1 unspecified atom stereocenters. The molecule has 1 aromatic carbocycles. The molecule has 0 saturated heterocycles. The molecular weight excluding hydrogens is 298 g/mol. The summed E-state index contributed by atoms with van der Waals surface area (Å²) in [4.78, 5) is 9.47. The third kappa shape index (κ3) is 3.11. The van der Waals surface area contributed by atoms with E-state index in [1.807, 2.05) is 0 Å². The number of hydrogen-bond donors (Lipinski definition) is 0. The highest BCUT2D eigenvalue weighted by Crippen LogP contribution is 2.38. The van der Waals surface area contributed by atoms with E-state index in [2.05, 4.69) is 73.9 Å². The molecule has 0 fully saturated rings. The molecule has 1 aliphatic carbocycles. The predicted octanol–water partition coefficient (Wildman–Crippen LogP) is 4.16. The summed E-state index contributed by atoms with van der Waals surface area (Å²) in [6, 6.07) is 6.56. The molecule has 2 aliphatic rings. The quantitative estimate of drug-likeness (QED) is 0.786. The number of aliphatic imine (C=N–C) groups is 1. The van der Waals surface area contributed by atoms with Crippen LogP contribution in [0.25, 0.3) is 0 Å². The van der Waals surface area contributed by atoms with E-state index < -0.39 is 0 Å². The second-order valence-electron chi connectivity index (χ2n) is 6.03. The maximum atomic E-state index is 6.21. The van der Waals surface area contributed by atoms with Crippen LogP contribution in [0, 0.1) is 0 Å². The van der Waals surface area contributed by atoms with Gasteiger partial charge in [0.05, 0.1) is 6.04 Å². The van der Waals surface area contributed by atoms with Crippen LogP contribution in [-0.4, -0.2) is 42.8 Å². The molecule has 4 nitrogen and oxygen atoms in total. The van der Waals surface area contributed by atoms with Crippen LogP contribution in [0.15, 0.2) is 47.2 Å². The van der Waals surface area contributed by atoms with E-state index >= 15 is 0 Å². The second kappa shape index (κ2) is 7.22. The maximum absolute atomic E-state index is 6.21. The zero-order chi connectivity index (χ0) is 17.1. The highest BCUT2D eigenvalue weighted by molar-refractivity contribution is 6.10. The number of nitrogens with zero attached hydrogens (tertiary/aromatic N) is 3. The van der Waals surface area contributed by atoms with Gasteiger partial charge in [-0.05, 0) is 51.2 Å². The first-order valence-electron chi connectivity index (χ1n) is 9.00. The Labute approximate surface area is 145 Å². The van der Waals surface area contributed by atoms with Gasteiger partial charge in [0.2, 0.25) is 0 Å². The SMILES string of the molecule is CCN(CC)c1ccc2c(c1)OC1=CC(N(CC)CC)C=CC1=N2. The van der Waals surface area contributed by atoms with Gasteiger partial charge in [-0.1, -0.05) is 19.9 Å². The van der Waals surface area contributed by atoms with Gasteiger partial charge in [-0.3, -0.25) is 4.90 Å². The molecular formula is C20H27N3O. The first kappa shape index (κ1) is 16.8. The van der Waals surface area contributed by atoms with Crippen LogP contribution in [0.5, 0.6) is 5.75 Å². The zero-order valence-electron chi connectivity index (χ0n) is 15.1. The molecule has 128 valence electrons. The Balaban J connectivity index is 1.90. The summed E-state index contributed by atoms with van der Waals surface area (Å²) in [5, 5.41) is 0. The lowest BCUT2D eigenvalue weighted by Crippen LogP contribution is -2.35. The summed E-state index contributed by atoms with van der Waals surface area (Å²) in [5.41, 5.74) is 3.01. The molecule has 0 N–H and O–H groups in total. The first-order chi connectivity index (χ1) is 11.7. The number of fused-ring (bicyclic) bond motifs is 2. The molecule has 1 atom stereocenters. The van der Waals surface area contributed by atoms with Gasteiger partial charge in [0.25, 0.3) is 0 Å². The van der Waals surface area contributed by atoms with Gasteiger partial charge >= 0.3 is 0 Å². The normalized spacial score (nSPS) is 18.5. The summed E-state index contributed by atoms with van der Waals surface area (Å²) >= 11 is 0. The molecule has 1 heterocycles. The Morgan fingerprint density at radius 2 is 1.79 bits per heavy atom. The van der Waals surface area contributed by atoms with Crippen LogP contribution in [0.1, 0.15) is 27.7 Å². The summed E-state index contributed by atoms with van der Waals surface area (Å²) in [6.45, 7) is 12.7. The highest BCUT2D eigenvalue weighted by atomic mass is 16.5. The third-order valence-electron chi connectivity index (χ3n) is 4.79. The Kier molecular flexibility index (Phi) is 5.05. The summed E-state index contributed by atoms with van der Waals surface area (Å²) in [7, 11) is 0. The second-order valence-corrected chi connectivity index (χ2v) is 6.03. The van der Waals surface area contributed by atoms with Crippen molar-refractivity contribution in [3.8, 4) is 5.75 Å². The van der Waals surface area contributed by atoms with Gasteiger partial charge in [0.15, 0.2) is 11.5 Å². The Morgan fingerprint density at radius 1 is 1.04 bits per heavy atom. The number of rotatable bonds is 6. The summed E-state index contributed by atoms with van der Waals surface area (Å²) in [5.74, 6) is 1.72. The van der Waals surface area contributed by atoms with Gasteiger partial charge in [0, 0.05) is 24.8 Å². The first-order valence-corrected chi connectivity index (χ1v) is 9.00. The number of anilines is 1. The maximum Gasteiger partial charge on any atom is 0.155 e. The molecule has 4 heteroatoms. The van der Waals surface area contributed by atoms with Gasteiger partial charge in [0.1, 0.15) is 11.4 Å². The van der Waals surface area contributed by atoms with Crippen molar-refractivity contribution in [2.45, 2.75) is 33.7 Å². The molecule has 0 saturated carbocycles. The predicted molar refractivity (Wildman–Crippen MR) is 102 cm³/mol. The van der Waals surface area contributed by atoms with Crippen LogP contribution in [0.4, 0.5) is 11.4 Å². The minimum absolute atomic E-state index is 0.279. The highest BCUT2D eigenvalue weighted by Gasteiger charge is 2.24. The van der Waals surface area contributed by atoms with Crippen LogP contribution in [0.3, 0.4) is 0 Å². The zero-order valence-corrected chi connectivity index (χ0v) is 15.1. The van der Waals surface area contributed by atoms with Crippen LogP contribution >= 0.6 is 0 Å². The smallest absolute Gasteiger partial charge is 0.155 e. The largest absolute Gasteiger partial charge is 0.453 e. The van der Waals surface area contributed by atoms with Crippen LogP contribution in [-0.2, 0) is 0 Å². The van der Waals surface area contributed by atoms with Crippen molar-refractivity contribution in [3.05, 3.63) is 42.2 Å². The number of hydrogen-bond acceptors (Lipinski definition) is 4. The fourth-order valence-electron chi connectivity index (χ4n) is 3.33. The lowest BCUT2D eigenvalue weighted by Gasteiger charge is -2.29. The molecule has 0 radical (unpaired) electrons. The Hall–Kier alpha value is -2.07. The van der Waals surface area contributed by atoms with E-state index in [1.54, 1.807) is 0 Å². The van der Waals surface area contributed by atoms with Gasteiger partial charge in [-0.25, -0.2) is 4.99 Å². The van der Waals surface area contributed by atoms with Gasteiger partial charge in [-0.15, -0.1) is 0 Å². The standard InChI is InChI=1S/C20H27N3O/c1-5-22(6-2)15-9-11-17-19(13-15)24-20-14-16(23(7-3)8-4)10-12-18(20)21-17/h9-15H,5-8H2,1-4H3. The minimum Gasteiger partial charge on any atom is -0.453 e. The van der Waals surface area contributed by atoms with Crippen LogP contribution < -0.4 is 9.64 Å². The van der Waals surface area contributed by atoms with E-state index in [0.717, 1.165) is 49.1 Å². The third-order valence-corrected chi connectivity index (χ3v) is 4.79. The van der Waals surface area contributed by atoms with Crippen molar-refractivity contribution in [2.75, 3.05) is 31.1 Å². The van der Waals surface area contributed by atoms with E-state index in [4.69, 9.17) is 9.73 Å². The van der Waals surface area contributed by atoms with Crippen molar-refractivity contribution in [2.24, 2.45) is 4.99 Å². The Morgan fingerprint density at radius 3 is 2.46 bits per heavy atom. The summed E-state index contributed by atoms with van der Waals surface area (Å²) in [6.07, 6.45) is 6.46. The van der Waals surface area contributed by atoms with Crippen LogP contribution in [0.2, 0.25) is 0 Å². The molecule has 0 spiro atoms. The Bertz CT molecular complexity index is 682. The molecule has 24 heavy (non-hydrogen) atoms. The van der Waals surface area contributed by atoms with Crippen molar-refractivity contribution >= 4 is 17.1 Å². The van der Waals surface area contributed by atoms with Gasteiger partial charge < -0.3 is 9.64 Å².